The van der Waals surface area contributed by atoms with Gasteiger partial charge in [-0.05, 0) is 56.4 Å². The molecule has 0 spiro atoms. The number of rotatable bonds is 7. The number of Topliss-reactive ketones (excluding diaryl/α,β-unsaturated/α-hetero) is 1. The van der Waals surface area contributed by atoms with Crippen molar-refractivity contribution in [3.63, 3.8) is 0 Å². The molecule has 0 unspecified atom stereocenters. The number of hydrogen-bond donors (Lipinski definition) is 1. The third-order valence-corrected chi connectivity index (χ3v) is 5.33. The average Bonchev–Trinajstić information content (AvgIpc) is 2.64. The highest BCUT2D eigenvalue weighted by Crippen LogP contribution is 2.29. The second-order valence-electron chi connectivity index (χ2n) is 7.38. The molecule has 1 aromatic rings. The lowest BCUT2D eigenvalue weighted by Gasteiger charge is -2.35. The first-order valence-corrected chi connectivity index (χ1v) is 9.51. The van der Waals surface area contributed by atoms with Gasteiger partial charge in [-0.2, -0.15) is 0 Å². The van der Waals surface area contributed by atoms with Crippen LogP contribution in [0.15, 0.2) is 24.3 Å². The first-order chi connectivity index (χ1) is 12.8. The number of benzene rings is 1. The van der Waals surface area contributed by atoms with Gasteiger partial charge in [-0.3, -0.25) is 9.59 Å². The smallest absolute Gasteiger partial charge is 0.344 e. The van der Waals surface area contributed by atoms with Crippen molar-refractivity contribution in [1.29, 1.82) is 0 Å². The molecule has 1 aliphatic rings. The number of esters is 1. The van der Waals surface area contributed by atoms with Crippen molar-refractivity contribution in [1.82, 2.24) is 5.32 Å². The third kappa shape index (κ3) is 6.08. The Bertz CT molecular complexity index is 670. The van der Waals surface area contributed by atoms with Gasteiger partial charge in [0.25, 0.3) is 5.91 Å². The van der Waals surface area contributed by atoms with E-state index in [9.17, 15) is 14.4 Å². The van der Waals surface area contributed by atoms with Crippen LogP contribution in [-0.4, -0.2) is 36.4 Å². The fraction of sp³-hybridized carbons (Fsp3) is 0.571. The van der Waals surface area contributed by atoms with Crippen LogP contribution in [0.4, 0.5) is 0 Å². The number of nitrogens with one attached hydrogen (secondary N) is 1. The normalized spacial score (nSPS) is 23.2. The zero-order valence-electron chi connectivity index (χ0n) is 16.5. The van der Waals surface area contributed by atoms with Crippen LogP contribution in [0.25, 0.3) is 0 Å². The molecule has 0 aliphatic heterocycles. The van der Waals surface area contributed by atoms with Crippen molar-refractivity contribution < 1.29 is 23.9 Å². The van der Waals surface area contributed by atoms with Gasteiger partial charge in [0.2, 0.25) is 0 Å². The van der Waals surface area contributed by atoms with E-state index in [1.54, 1.807) is 31.2 Å². The topological polar surface area (TPSA) is 81.7 Å². The van der Waals surface area contributed by atoms with E-state index >= 15 is 0 Å². The standard InChI is InChI=1S/C21H29NO5/c1-13-6-5-7-19(14(13)2)22-21(25)16(4)27-20(24)12-26-18-10-8-17(9-11-18)15(3)23/h8-11,13-14,16,19H,5-7,12H2,1-4H3,(H,22,25)/t13-,14-,16-,19-/m1/s1. The van der Waals surface area contributed by atoms with Gasteiger partial charge in [0.15, 0.2) is 18.5 Å². The van der Waals surface area contributed by atoms with Crippen molar-refractivity contribution in [3.8, 4) is 5.75 Å². The van der Waals surface area contributed by atoms with E-state index < -0.39 is 12.1 Å². The number of carbonyl (C=O) groups excluding carboxylic acids is 3. The van der Waals surface area contributed by atoms with E-state index in [0.717, 1.165) is 12.8 Å². The molecule has 1 saturated carbocycles. The molecule has 0 heterocycles. The van der Waals surface area contributed by atoms with E-state index in [4.69, 9.17) is 9.47 Å². The minimum atomic E-state index is -0.870. The maximum atomic E-state index is 12.3. The van der Waals surface area contributed by atoms with Crippen LogP contribution >= 0.6 is 0 Å². The van der Waals surface area contributed by atoms with Crippen LogP contribution in [0, 0.1) is 11.8 Å². The molecule has 2 rings (SSSR count). The van der Waals surface area contributed by atoms with E-state index in [1.807, 2.05) is 0 Å². The van der Waals surface area contributed by atoms with E-state index in [-0.39, 0.29) is 24.3 Å². The lowest BCUT2D eigenvalue weighted by atomic mass is 9.78. The summed E-state index contributed by atoms with van der Waals surface area (Å²) < 4.78 is 10.5. The van der Waals surface area contributed by atoms with Gasteiger partial charge in [-0.15, -0.1) is 0 Å². The van der Waals surface area contributed by atoms with Gasteiger partial charge >= 0.3 is 5.97 Å². The maximum absolute atomic E-state index is 12.3. The summed E-state index contributed by atoms with van der Waals surface area (Å²) in [5.74, 6) is 0.511. The van der Waals surface area contributed by atoms with Gasteiger partial charge in [0.1, 0.15) is 5.75 Å². The summed E-state index contributed by atoms with van der Waals surface area (Å²) in [6.07, 6.45) is 2.37. The molecule has 1 N–H and O–H groups in total. The lowest BCUT2D eigenvalue weighted by molar-refractivity contribution is -0.157. The molecular weight excluding hydrogens is 346 g/mol. The average molecular weight is 375 g/mol. The zero-order valence-corrected chi connectivity index (χ0v) is 16.5. The lowest BCUT2D eigenvalue weighted by Crippen LogP contribution is -2.47. The number of carbonyl (C=O) groups is 3. The Morgan fingerprint density at radius 2 is 1.81 bits per heavy atom. The van der Waals surface area contributed by atoms with Gasteiger partial charge in [-0.1, -0.05) is 26.7 Å². The Labute approximate surface area is 160 Å². The Hall–Kier alpha value is -2.37. The fourth-order valence-corrected chi connectivity index (χ4v) is 3.30. The largest absolute Gasteiger partial charge is 0.482 e. The van der Waals surface area contributed by atoms with E-state index in [2.05, 4.69) is 19.2 Å². The quantitative estimate of drug-likeness (QED) is 0.585. The van der Waals surface area contributed by atoms with Gasteiger partial charge in [0.05, 0.1) is 0 Å². The Kier molecular flexibility index (Phi) is 7.39. The highest BCUT2D eigenvalue weighted by molar-refractivity contribution is 5.94. The van der Waals surface area contributed by atoms with E-state index in [1.165, 1.54) is 13.3 Å². The zero-order chi connectivity index (χ0) is 20.0. The van der Waals surface area contributed by atoms with Crippen LogP contribution in [0.5, 0.6) is 5.75 Å². The van der Waals surface area contributed by atoms with Crippen molar-refractivity contribution in [2.24, 2.45) is 11.8 Å². The maximum Gasteiger partial charge on any atom is 0.344 e. The van der Waals surface area contributed by atoms with Gasteiger partial charge < -0.3 is 14.8 Å². The van der Waals surface area contributed by atoms with Crippen molar-refractivity contribution in [2.75, 3.05) is 6.61 Å². The molecule has 27 heavy (non-hydrogen) atoms. The molecule has 0 saturated heterocycles. The highest BCUT2D eigenvalue weighted by Gasteiger charge is 2.30. The number of ketones is 1. The number of hydrogen-bond acceptors (Lipinski definition) is 5. The SMILES string of the molecule is CC(=O)c1ccc(OCC(=O)O[C@H](C)C(=O)N[C@@H]2CCC[C@@H](C)[C@H]2C)cc1. The molecule has 1 aromatic carbocycles. The summed E-state index contributed by atoms with van der Waals surface area (Å²) in [6, 6.07) is 6.62. The summed E-state index contributed by atoms with van der Waals surface area (Å²) in [4.78, 5) is 35.5. The predicted molar refractivity (Wildman–Crippen MR) is 102 cm³/mol. The second-order valence-corrected chi connectivity index (χ2v) is 7.38. The molecule has 148 valence electrons. The summed E-state index contributed by atoms with van der Waals surface area (Å²) in [7, 11) is 0. The minimum absolute atomic E-state index is 0.0394. The first-order valence-electron chi connectivity index (χ1n) is 9.51. The van der Waals surface area contributed by atoms with Crippen molar-refractivity contribution in [3.05, 3.63) is 29.8 Å². The Morgan fingerprint density at radius 1 is 1.15 bits per heavy atom. The molecule has 1 amide bonds. The number of amides is 1. The molecule has 1 fully saturated rings. The predicted octanol–water partition coefficient (Wildman–Crippen LogP) is 3.14. The van der Waals surface area contributed by atoms with Gasteiger partial charge in [0, 0.05) is 11.6 Å². The molecule has 1 aliphatic carbocycles. The second kappa shape index (κ2) is 9.53. The Balaban J connectivity index is 1.77. The summed E-state index contributed by atoms with van der Waals surface area (Å²) in [5.41, 5.74) is 0.571. The Morgan fingerprint density at radius 3 is 2.44 bits per heavy atom. The molecule has 6 heteroatoms. The molecular formula is C21H29NO5. The fourth-order valence-electron chi connectivity index (χ4n) is 3.30. The van der Waals surface area contributed by atoms with Crippen LogP contribution < -0.4 is 10.1 Å². The molecule has 0 aromatic heterocycles. The van der Waals surface area contributed by atoms with E-state index in [0.29, 0.717) is 23.1 Å². The summed E-state index contributed by atoms with van der Waals surface area (Å²) in [6.45, 7) is 7.09. The van der Waals surface area contributed by atoms with Crippen LogP contribution in [0.1, 0.15) is 57.3 Å². The monoisotopic (exact) mass is 375 g/mol. The first kappa shape index (κ1) is 20.9. The van der Waals surface area contributed by atoms with Crippen LogP contribution in [-0.2, 0) is 14.3 Å². The summed E-state index contributed by atoms with van der Waals surface area (Å²) in [5, 5.41) is 3.01. The van der Waals surface area contributed by atoms with Crippen molar-refractivity contribution in [2.45, 2.75) is 59.1 Å². The molecule has 0 radical (unpaired) electrons. The number of ether oxygens (including phenoxy) is 2. The molecule has 4 atom stereocenters. The minimum Gasteiger partial charge on any atom is -0.482 e. The van der Waals surface area contributed by atoms with Gasteiger partial charge in [-0.25, -0.2) is 4.79 Å². The summed E-state index contributed by atoms with van der Waals surface area (Å²) >= 11 is 0. The van der Waals surface area contributed by atoms with Crippen molar-refractivity contribution >= 4 is 17.7 Å². The molecule has 0 bridgehead atoms. The molecule has 6 nitrogen and oxygen atoms in total. The highest BCUT2D eigenvalue weighted by atomic mass is 16.6. The third-order valence-electron chi connectivity index (χ3n) is 5.33. The van der Waals surface area contributed by atoms with Crippen LogP contribution in [0.3, 0.4) is 0 Å². The van der Waals surface area contributed by atoms with Crippen LogP contribution in [0.2, 0.25) is 0 Å².